The Morgan fingerprint density at radius 1 is 1.83 bits per heavy atom. The van der Waals surface area contributed by atoms with Crippen LogP contribution in [-0.4, -0.2) is 29.3 Å². The molecule has 2 heterocycles. The molecule has 1 atom stereocenters. The number of aromatic nitrogens is 2. The molecule has 2 N–H and O–H groups in total. The van der Waals surface area contributed by atoms with Crippen LogP contribution in [0.15, 0.2) is 12.4 Å². The maximum atomic E-state index is 5.14. The van der Waals surface area contributed by atoms with Gasteiger partial charge in [0.05, 0.1) is 25.2 Å². The first-order valence-corrected chi connectivity index (χ1v) is 3.91. The number of hydrogen-bond donors (Lipinski definition) is 2. The summed E-state index contributed by atoms with van der Waals surface area (Å²) in [4.78, 5) is 0. The summed E-state index contributed by atoms with van der Waals surface area (Å²) in [6, 6.07) is 0. The molecule has 1 aromatic rings. The Morgan fingerprint density at radius 2 is 2.75 bits per heavy atom. The number of nitrogens with zero attached hydrogens (tertiary/aromatic N) is 2. The summed E-state index contributed by atoms with van der Waals surface area (Å²) in [5, 5.41) is 10.4. The van der Waals surface area contributed by atoms with Gasteiger partial charge in [-0.25, -0.2) is 0 Å². The summed E-state index contributed by atoms with van der Waals surface area (Å²) in [5.74, 6) is 0. The van der Waals surface area contributed by atoms with Crippen LogP contribution in [0.4, 0.5) is 5.69 Å². The van der Waals surface area contributed by atoms with Crippen LogP contribution in [0, 0.1) is 0 Å². The normalized spacial score (nSPS) is 22.9. The minimum absolute atomic E-state index is 0.217. The Hall–Kier alpha value is -1.07. The van der Waals surface area contributed by atoms with E-state index < -0.39 is 0 Å². The van der Waals surface area contributed by atoms with E-state index in [4.69, 9.17) is 4.74 Å². The van der Waals surface area contributed by atoms with Crippen LogP contribution in [0.3, 0.4) is 0 Å². The third kappa shape index (κ3) is 1.57. The predicted octanol–water partition coefficient (Wildman–Crippen LogP) is -0.265. The van der Waals surface area contributed by atoms with Gasteiger partial charge in [-0.15, -0.1) is 0 Å². The third-order valence-electron chi connectivity index (χ3n) is 1.76. The van der Waals surface area contributed by atoms with Crippen LogP contribution >= 0.6 is 0 Å². The zero-order valence-corrected chi connectivity index (χ0v) is 6.95. The highest BCUT2D eigenvalue weighted by atomic mass is 16.5. The van der Waals surface area contributed by atoms with Gasteiger partial charge >= 0.3 is 0 Å². The molecule has 66 valence electrons. The van der Waals surface area contributed by atoms with Crippen molar-refractivity contribution in [3.05, 3.63) is 12.4 Å². The molecular formula is C7H12N4O. The van der Waals surface area contributed by atoms with Gasteiger partial charge in [0.25, 0.3) is 0 Å². The average molecular weight is 168 g/mol. The van der Waals surface area contributed by atoms with Gasteiger partial charge in [-0.2, -0.15) is 5.10 Å². The van der Waals surface area contributed by atoms with Crippen molar-refractivity contribution in [1.29, 1.82) is 0 Å². The average Bonchev–Trinajstić information content (AvgIpc) is 2.63. The first-order chi connectivity index (χ1) is 5.84. The molecule has 0 bridgehead atoms. The van der Waals surface area contributed by atoms with Crippen LogP contribution in [0.25, 0.3) is 0 Å². The molecule has 2 rings (SSSR count). The SMILES string of the molecule is Cn1cc(NC2COCN2)cn1. The lowest BCUT2D eigenvalue weighted by Crippen LogP contribution is -2.31. The zero-order chi connectivity index (χ0) is 8.39. The maximum absolute atomic E-state index is 5.14. The molecule has 1 aliphatic heterocycles. The van der Waals surface area contributed by atoms with E-state index in [1.807, 2.05) is 13.2 Å². The highest BCUT2D eigenvalue weighted by Crippen LogP contribution is 2.06. The summed E-state index contributed by atoms with van der Waals surface area (Å²) in [6.45, 7) is 1.33. The van der Waals surface area contributed by atoms with Gasteiger partial charge in [-0.1, -0.05) is 0 Å². The molecule has 1 saturated heterocycles. The standard InChI is InChI=1S/C7H12N4O/c1-11-3-6(2-9-11)10-7-4-12-5-8-7/h2-3,7-8,10H,4-5H2,1H3. The summed E-state index contributed by atoms with van der Waals surface area (Å²) < 4.78 is 6.90. The Labute approximate surface area is 70.7 Å². The summed E-state index contributed by atoms with van der Waals surface area (Å²) in [5.41, 5.74) is 1.01. The summed E-state index contributed by atoms with van der Waals surface area (Å²) >= 11 is 0. The smallest absolute Gasteiger partial charge is 0.103 e. The van der Waals surface area contributed by atoms with Crippen LogP contribution in [0.1, 0.15) is 0 Å². The highest BCUT2D eigenvalue weighted by Gasteiger charge is 2.13. The Morgan fingerprint density at radius 3 is 3.33 bits per heavy atom. The molecule has 1 aliphatic rings. The molecule has 0 saturated carbocycles. The molecule has 0 aromatic carbocycles. The largest absolute Gasteiger partial charge is 0.365 e. The van der Waals surface area contributed by atoms with Crippen molar-refractivity contribution in [1.82, 2.24) is 15.1 Å². The van der Waals surface area contributed by atoms with Gasteiger partial charge in [0, 0.05) is 13.2 Å². The van der Waals surface area contributed by atoms with Gasteiger partial charge < -0.3 is 10.1 Å². The molecule has 0 amide bonds. The molecule has 5 nitrogen and oxygen atoms in total. The fourth-order valence-corrected chi connectivity index (χ4v) is 1.18. The Balaban J connectivity index is 1.94. The molecular weight excluding hydrogens is 156 g/mol. The van der Waals surface area contributed by atoms with Crippen molar-refractivity contribution < 1.29 is 4.74 Å². The first-order valence-electron chi connectivity index (χ1n) is 3.91. The summed E-state index contributed by atoms with van der Waals surface area (Å²) in [6.07, 6.45) is 3.94. The van der Waals surface area contributed by atoms with Gasteiger partial charge in [0.2, 0.25) is 0 Å². The van der Waals surface area contributed by atoms with Crippen molar-refractivity contribution >= 4 is 5.69 Å². The minimum Gasteiger partial charge on any atom is -0.365 e. The maximum Gasteiger partial charge on any atom is 0.103 e. The lowest BCUT2D eigenvalue weighted by Gasteiger charge is -2.09. The zero-order valence-electron chi connectivity index (χ0n) is 6.95. The monoisotopic (exact) mass is 168 g/mol. The molecule has 5 heteroatoms. The fourth-order valence-electron chi connectivity index (χ4n) is 1.18. The van der Waals surface area contributed by atoms with Crippen molar-refractivity contribution in [2.45, 2.75) is 6.17 Å². The fraction of sp³-hybridized carbons (Fsp3) is 0.571. The van der Waals surface area contributed by atoms with Crippen molar-refractivity contribution in [2.24, 2.45) is 7.05 Å². The van der Waals surface area contributed by atoms with Gasteiger partial charge in [-0.3, -0.25) is 10.00 Å². The Bertz CT molecular complexity index is 254. The minimum atomic E-state index is 0.217. The van der Waals surface area contributed by atoms with E-state index in [0.29, 0.717) is 13.3 Å². The molecule has 12 heavy (non-hydrogen) atoms. The molecule has 1 fully saturated rings. The topological polar surface area (TPSA) is 51.1 Å². The third-order valence-corrected chi connectivity index (χ3v) is 1.76. The van der Waals surface area contributed by atoms with Crippen LogP contribution in [0.2, 0.25) is 0 Å². The number of anilines is 1. The van der Waals surface area contributed by atoms with Crippen molar-refractivity contribution in [3.63, 3.8) is 0 Å². The van der Waals surface area contributed by atoms with E-state index in [9.17, 15) is 0 Å². The van der Waals surface area contributed by atoms with E-state index >= 15 is 0 Å². The lowest BCUT2D eigenvalue weighted by atomic mass is 10.5. The first kappa shape index (κ1) is 7.57. The predicted molar refractivity (Wildman–Crippen MR) is 44.6 cm³/mol. The van der Waals surface area contributed by atoms with E-state index in [-0.39, 0.29) is 6.17 Å². The number of hydrogen-bond acceptors (Lipinski definition) is 4. The van der Waals surface area contributed by atoms with Gasteiger partial charge in [-0.05, 0) is 0 Å². The molecule has 0 radical (unpaired) electrons. The second-order valence-electron chi connectivity index (χ2n) is 2.82. The van der Waals surface area contributed by atoms with E-state index in [1.54, 1.807) is 10.9 Å². The van der Waals surface area contributed by atoms with Crippen molar-refractivity contribution in [2.75, 3.05) is 18.7 Å². The molecule has 1 aromatic heterocycles. The number of nitrogens with one attached hydrogen (secondary N) is 2. The number of rotatable bonds is 2. The molecule has 0 spiro atoms. The lowest BCUT2D eigenvalue weighted by molar-refractivity contribution is 0.191. The second-order valence-corrected chi connectivity index (χ2v) is 2.82. The Kier molecular flexibility index (Phi) is 1.97. The van der Waals surface area contributed by atoms with Crippen molar-refractivity contribution in [3.8, 4) is 0 Å². The van der Waals surface area contributed by atoms with Crippen LogP contribution in [-0.2, 0) is 11.8 Å². The van der Waals surface area contributed by atoms with Crippen LogP contribution < -0.4 is 10.6 Å². The van der Waals surface area contributed by atoms with E-state index in [2.05, 4.69) is 15.7 Å². The summed E-state index contributed by atoms with van der Waals surface area (Å²) in [7, 11) is 1.89. The number of aryl methyl sites for hydroxylation is 1. The van der Waals surface area contributed by atoms with E-state index in [1.165, 1.54) is 0 Å². The highest BCUT2D eigenvalue weighted by molar-refractivity contribution is 5.39. The van der Waals surface area contributed by atoms with Crippen LogP contribution in [0.5, 0.6) is 0 Å². The number of ether oxygens (including phenoxy) is 1. The van der Waals surface area contributed by atoms with Gasteiger partial charge in [0.15, 0.2) is 0 Å². The van der Waals surface area contributed by atoms with E-state index in [0.717, 1.165) is 5.69 Å². The van der Waals surface area contributed by atoms with Gasteiger partial charge in [0.1, 0.15) is 6.17 Å². The quantitative estimate of drug-likeness (QED) is 0.638. The molecule has 1 unspecified atom stereocenters. The molecule has 0 aliphatic carbocycles. The second kappa shape index (κ2) is 3.12.